The van der Waals surface area contributed by atoms with E-state index in [1.807, 2.05) is 35.0 Å². The van der Waals surface area contributed by atoms with Crippen molar-refractivity contribution in [2.24, 2.45) is 5.41 Å². The minimum absolute atomic E-state index is 0.0823. The van der Waals surface area contributed by atoms with Gasteiger partial charge in [-0.05, 0) is 48.6 Å². The summed E-state index contributed by atoms with van der Waals surface area (Å²) in [6, 6.07) is 15.7. The molecule has 2 aromatic carbocycles. The van der Waals surface area contributed by atoms with E-state index in [1.54, 1.807) is 7.11 Å². The summed E-state index contributed by atoms with van der Waals surface area (Å²) in [5.74, 6) is 2.25. The SMILES string of the molecule is COc1ccc(-c2nc3n(n2)C(c2cccc(C)c2)C2=C(CC(C)(C)CC2=O)N3)cc1. The fourth-order valence-electron chi connectivity index (χ4n) is 4.62. The quantitative estimate of drug-likeness (QED) is 0.659. The third-order valence-electron chi connectivity index (χ3n) is 6.04. The smallest absolute Gasteiger partial charge is 0.226 e. The largest absolute Gasteiger partial charge is 0.497 e. The van der Waals surface area contributed by atoms with E-state index in [-0.39, 0.29) is 17.2 Å². The van der Waals surface area contributed by atoms with Crippen molar-refractivity contribution in [2.75, 3.05) is 12.4 Å². The summed E-state index contributed by atoms with van der Waals surface area (Å²) in [5, 5.41) is 8.28. The predicted molar refractivity (Wildman–Crippen MR) is 120 cm³/mol. The molecule has 1 atom stereocenters. The van der Waals surface area contributed by atoms with E-state index in [1.165, 1.54) is 0 Å². The standard InChI is InChI=1S/C25H26N4O2/c1-15-6-5-7-17(12-15)22-21-19(13-25(2,3)14-20(21)30)26-24-27-23(28-29(22)24)16-8-10-18(31-4)11-9-16/h5-12,22H,13-14H2,1-4H3,(H,26,27,28). The van der Waals surface area contributed by atoms with Crippen LogP contribution in [0.5, 0.6) is 5.75 Å². The van der Waals surface area contributed by atoms with E-state index in [4.69, 9.17) is 14.8 Å². The molecule has 0 saturated carbocycles. The van der Waals surface area contributed by atoms with Crippen molar-refractivity contribution in [3.05, 3.63) is 70.9 Å². The van der Waals surface area contributed by atoms with Crippen molar-refractivity contribution in [1.82, 2.24) is 14.8 Å². The normalized spacial score (nSPS) is 19.5. The Kier molecular flexibility index (Phi) is 4.46. The number of Topliss-reactive ketones (excluding diaryl/α,β-unsaturated/α-hetero) is 1. The third kappa shape index (κ3) is 3.42. The van der Waals surface area contributed by atoms with Crippen LogP contribution in [0.3, 0.4) is 0 Å². The van der Waals surface area contributed by atoms with Crippen molar-refractivity contribution in [3.8, 4) is 17.1 Å². The van der Waals surface area contributed by atoms with Gasteiger partial charge in [-0.25, -0.2) is 4.68 Å². The summed E-state index contributed by atoms with van der Waals surface area (Å²) >= 11 is 0. The topological polar surface area (TPSA) is 69.0 Å². The minimum Gasteiger partial charge on any atom is -0.497 e. The number of rotatable bonds is 3. The molecule has 0 saturated heterocycles. The van der Waals surface area contributed by atoms with Gasteiger partial charge in [0.25, 0.3) is 0 Å². The number of anilines is 1. The Morgan fingerprint density at radius 1 is 1.13 bits per heavy atom. The molecule has 3 aromatic rings. The molecule has 158 valence electrons. The Morgan fingerprint density at radius 3 is 2.61 bits per heavy atom. The lowest BCUT2D eigenvalue weighted by Gasteiger charge is -2.38. The summed E-state index contributed by atoms with van der Waals surface area (Å²) in [7, 11) is 1.65. The zero-order valence-corrected chi connectivity index (χ0v) is 18.3. The van der Waals surface area contributed by atoms with Crippen LogP contribution < -0.4 is 10.1 Å². The highest BCUT2D eigenvalue weighted by atomic mass is 16.5. The molecule has 1 aromatic heterocycles. The molecule has 6 heteroatoms. The van der Waals surface area contributed by atoms with Crippen molar-refractivity contribution in [2.45, 2.75) is 39.7 Å². The molecule has 1 N–H and O–H groups in total. The maximum absolute atomic E-state index is 13.3. The number of hydrogen-bond acceptors (Lipinski definition) is 5. The Hall–Kier alpha value is -3.41. The van der Waals surface area contributed by atoms with E-state index in [0.717, 1.165) is 40.1 Å². The van der Waals surface area contributed by atoms with Crippen LogP contribution in [-0.2, 0) is 4.79 Å². The van der Waals surface area contributed by atoms with Gasteiger partial charge in [0, 0.05) is 23.3 Å². The van der Waals surface area contributed by atoms with Crippen molar-refractivity contribution in [1.29, 1.82) is 0 Å². The number of aromatic nitrogens is 3. The monoisotopic (exact) mass is 414 g/mol. The van der Waals surface area contributed by atoms with Crippen LogP contribution in [0.1, 0.15) is 43.9 Å². The lowest BCUT2D eigenvalue weighted by Crippen LogP contribution is -2.36. The summed E-state index contributed by atoms with van der Waals surface area (Å²) in [6.07, 6.45) is 1.34. The number of nitrogens with one attached hydrogen (secondary N) is 1. The number of allylic oxidation sites excluding steroid dienone is 2. The highest BCUT2D eigenvalue weighted by Crippen LogP contribution is 2.45. The van der Waals surface area contributed by atoms with Crippen LogP contribution in [0.4, 0.5) is 5.95 Å². The molecule has 6 nitrogen and oxygen atoms in total. The Labute approximate surface area is 182 Å². The average Bonchev–Trinajstić information content (AvgIpc) is 3.15. The number of benzene rings is 2. The van der Waals surface area contributed by atoms with Crippen molar-refractivity contribution >= 4 is 11.7 Å². The van der Waals surface area contributed by atoms with Gasteiger partial charge >= 0.3 is 0 Å². The zero-order chi connectivity index (χ0) is 21.8. The first-order valence-corrected chi connectivity index (χ1v) is 10.6. The van der Waals surface area contributed by atoms with E-state index >= 15 is 0 Å². The van der Waals surface area contributed by atoms with Gasteiger partial charge in [0.15, 0.2) is 11.6 Å². The maximum atomic E-state index is 13.3. The molecule has 0 radical (unpaired) electrons. The number of carbonyl (C=O) groups is 1. The number of ketones is 1. The second-order valence-electron chi connectivity index (χ2n) is 9.21. The van der Waals surface area contributed by atoms with Gasteiger partial charge in [-0.15, -0.1) is 5.10 Å². The van der Waals surface area contributed by atoms with E-state index in [0.29, 0.717) is 18.2 Å². The van der Waals surface area contributed by atoms with Gasteiger partial charge in [-0.2, -0.15) is 4.98 Å². The summed E-state index contributed by atoms with van der Waals surface area (Å²) in [6.45, 7) is 6.34. The average molecular weight is 415 g/mol. The van der Waals surface area contributed by atoms with Crippen LogP contribution in [0.15, 0.2) is 59.8 Å². The van der Waals surface area contributed by atoms with Crippen molar-refractivity contribution in [3.63, 3.8) is 0 Å². The van der Waals surface area contributed by atoms with Crippen LogP contribution in [-0.4, -0.2) is 27.7 Å². The van der Waals surface area contributed by atoms with Crippen molar-refractivity contribution < 1.29 is 9.53 Å². The molecule has 5 rings (SSSR count). The molecular formula is C25H26N4O2. The number of methoxy groups -OCH3 is 1. The second-order valence-corrected chi connectivity index (χ2v) is 9.21. The summed E-state index contributed by atoms with van der Waals surface area (Å²) in [4.78, 5) is 18.1. The van der Waals surface area contributed by atoms with E-state index in [2.05, 4.69) is 44.3 Å². The van der Waals surface area contributed by atoms with Crippen LogP contribution in [0, 0.1) is 12.3 Å². The minimum atomic E-state index is -0.283. The predicted octanol–water partition coefficient (Wildman–Crippen LogP) is 4.92. The van der Waals surface area contributed by atoms with E-state index in [9.17, 15) is 4.79 Å². The fourth-order valence-corrected chi connectivity index (χ4v) is 4.62. The number of fused-ring (bicyclic) bond motifs is 1. The van der Waals surface area contributed by atoms with Gasteiger partial charge in [0.2, 0.25) is 5.95 Å². The summed E-state index contributed by atoms with van der Waals surface area (Å²) < 4.78 is 7.13. The molecule has 0 amide bonds. The number of hydrogen-bond donors (Lipinski definition) is 1. The molecule has 0 bridgehead atoms. The Bertz CT molecular complexity index is 1200. The Morgan fingerprint density at radius 2 is 1.90 bits per heavy atom. The highest BCUT2D eigenvalue weighted by molar-refractivity contribution is 6.00. The molecule has 1 aliphatic heterocycles. The van der Waals surface area contributed by atoms with Crippen LogP contribution in [0.2, 0.25) is 0 Å². The lowest BCUT2D eigenvalue weighted by atomic mass is 9.73. The molecule has 2 heterocycles. The molecule has 0 fully saturated rings. The summed E-state index contributed by atoms with van der Waals surface area (Å²) in [5.41, 5.74) is 4.80. The molecule has 0 spiro atoms. The van der Waals surface area contributed by atoms with E-state index < -0.39 is 0 Å². The Balaban J connectivity index is 1.66. The van der Waals surface area contributed by atoms with Gasteiger partial charge in [0.05, 0.1) is 7.11 Å². The van der Waals surface area contributed by atoms with Gasteiger partial charge < -0.3 is 10.1 Å². The first kappa shape index (κ1) is 19.5. The lowest BCUT2D eigenvalue weighted by molar-refractivity contribution is -0.118. The molecular weight excluding hydrogens is 388 g/mol. The molecule has 31 heavy (non-hydrogen) atoms. The number of nitrogens with zero attached hydrogens (tertiary/aromatic N) is 3. The number of ether oxygens (including phenoxy) is 1. The second kappa shape index (κ2) is 7.08. The molecule has 1 aliphatic carbocycles. The molecule has 2 aliphatic rings. The molecule has 1 unspecified atom stereocenters. The fraction of sp³-hybridized carbons (Fsp3) is 0.320. The number of aryl methyl sites for hydroxylation is 1. The maximum Gasteiger partial charge on any atom is 0.226 e. The van der Waals surface area contributed by atoms with Gasteiger partial charge in [-0.3, -0.25) is 4.79 Å². The van der Waals surface area contributed by atoms with Gasteiger partial charge in [0.1, 0.15) is 11.8 Å². The van der Waals surface area contributed by atoms with Crippen LogP contribution in [0.25, 0.3) is 11.4 Å². The van der Waals surface area contributed by atoms with Crippen LogP contribution >= 0.6 is 0 Å². The zero-order valence-electron chi connectivity index (χ0n) is 18.3. The first-order chi connectivity index (χ1) is 14.8. The van der Waals surface area contributed by atoms with Gasteiger partial charge in [-0.1, -0.05) is 43.7 Å². The third-order valence-corrected chi connectivity index (χ3v) is 6.04. The number of carbonyl (C=O) groups excluding carboxylic acids is 1. The highest BCUT2D eigenvalue weighted by Gasteiger charge is 2.41. The first-order valence-electron chi connectivity index (χ1n) is 10.6.